The Kier molecular flexibility index (Phi) is 4.45. The Morgan fingerprint density at radius 1 is 1.58 bits per heavy atom. The van der Waals surface area contributed by atoms with Gasteiger partial charge >= 0.3 is 5.97 Å². The fourth-order valence-electron chi connectivity index (χ4n) is 0.383. The minimum atomic E-state index is -0.572. The lowest BCUT2D eigenvalue weighted by Gasteiger charge is -2.03. The van der Waals surface area contributed by atoms with Crippen LogP contribution < -0.4 is 5.32 Å². The number of ether oxygens (including phenoxy) is 1. The SMILES string of the molecule is C=CC(=O)OCNC(=O)C(=C)C. The molecular weight excluding hydrogens is 158 g/mol. The highest BCUT2D eigenvalue weighted by molar-refractivity contribution is 5.92. The van der Waals surface area contributed by atoms with E-state index in [1.54, 1.807) is 6.92 Å². The number of carbonyl (C=O) groups excluding carboxylic acids is 2. The van der Waals surface area contributed by atoms with Crippen LogP contribution in [-0.4, -0.2) is 18.6 Å². The number of rotatable bonds is 4. The van der Waals surface area contributed by atoms with Crippen molar-refractivity contribution in [2.45, 2.75) is 6.92 Å². The highest BCUT2D eigenvalue weighted by atomic mass is 16.5. The Bertz CT molecular complexity index is 220. The van der Waals surface area contributed by atoms with Crippen molar-refractivity contribution in [1.82, 2.24) is 5.32 Å². The summed E-state index contributed by atoms with van der Waals surface area (Å²) in [4.78, 5) is 21.2. The average molecular weight is 169 g/mol. The van der Waals surface area contributed by atoms with E-state index in [0.29, 0.717) is 5.57 Å². The number of hydrogen-bond donors (Lipinski definition) is 1. The van der Waals surface area contributed by atoms with Gasteiger partial charge in [0.1, 0.15) is 0 Å². The maximum atomic E-state index is 10.8. The molecule has 0 aromatic carbocycles. The lowest BCUT2D eigenvalue weighted by atomic mass is 10.3. The Labute approximate surface area is 70.9 Å². The van der Waals surface area contributed by atoms with Crippen molar-refractivity contribution in [2.24, 2.45) is 0 Å². The fourth-order valence-corrected chi connectivity index (χ4v) is 0.383. The summed E-state index contributed by atoms with van der Waals surface area (Å²) in [5, 5.41) is 2.32. The zero-order valence-electron chi connectivity index (χ0n) is 6.92. The molecule has 0 saturated heterocycles. The Hall–Kier alpha value is -1.58. The second-order valence-corrected chi connectivity index (χ2v) is 2.10. The first kappa shape index (κ1) is 10.4. The van der Waals surface area contributed by atoms with Crippen molar-refractivity contribution < 1.29 is 14.3 Å². The first-order valence-electron chi connectivity index (χ1n) is 3.31. The first-order chi connectivity index (χ1) is 5.57. The summed E-state index contributed by atoms with van der Waals surface area (Å²) in [6.07, 6.45) is 1.02. The van der Waals surface area contributed by atoms with Crippen LogP contribution in [0.3, 0.4) is 0 Å². The molecule has 0 aliphatic heterocycles. The molecule has 0 radical (unpaired) electrons. The minimum Gasteiger partial charge on any atom is -0.441 e. The molecule has 0 atom stereocenters. The number of hydrogen-bond acceptors (Lipinski definition) is 3. The van der Waals surface area contributed by atoms with Crippen LogP contribution in [0.15, 0.2) is 24.8 Å². The van der Waals surface area contributed by atoms with Gasteiger partial charge in [-0.15, -0.1) is 0 Å². The van der Waals surface area contributed by atoms with Crippen LogP contribution in [0.2, 0.25) is 0 Å². The smallest absolute Gasteiger partial charge is 0.331 e. The maximum Gasteiger partial charge on any atom is 0.331 e. The third-order valence-corrected chi connectivity index (χ3v) is 1.00. The molecule has 1 amide bonds. The third kappa shape index (κ3) is 4.27. The molecule has 1 N–H and O–H groups in total. The molecule has 0 bridgehead atoms. The second kappa shape index (κ2) is 5.12. The lowest BCUT2D eigenvalue weighted by Crippen LogP contribution is -2.27. The van der Waals surface area contributed by atoms with Gasteiger partial charge in [0.05, 0.1) is 0 Å². The maximum absolute atomic E-state index is 10.8. The van der Waals surface area contributed by atoms with Gasteiger partial charge in [-0.2, -0.15) is 0 Å². The first-order valence-corrected chi connectivity index (χ1v) is 3.31. The van der Waals surface area contributed by atoms with E-state index in [1.807, 2.05) is 0 Å². The van der Waals surface area contributed by atoms with E-state index in [2.05, 4.69) is 23.2 Å². The van der Waals surface area contributed by atoms with Crippen molar-refractivity contribution in [3.8, 4) is 0 Å². The van der Waals surface area contributed by atoms with Gasteiger partial charge in [-0.1, -0.05) is 13.2 Å². The normalized spacial score (nSPS) is 8.42. The summed E-state index contributed by atoms with van der Waals surface area (Å²) < 4.78 is 4.48. The van der Waals surface area contributed by atoms with Gasteiger partial charge in [-0.05, 0) is 6.92 Å². The van der Waals surface area contributed by atoms with E-state index in [-0.39, 0.29) is 12.6 Å². The number of amides is 1. The molecule has 0 heterocycles. The molecule has 0 aliphatic rings. The molecule has 4 nitrogen and oxygen atoms in total. The van der Waals surface area contributed by atoms with Gasteiger partial charge in [0, 0.05) is 11.6 Å². The number of esters is 1. The molecule has 0 spiro atoms. The van der Waals surface area contributed by atoms with E-state index in [9.17, 15) is 9.59 Å². The molecule has 0 aliphatic carbocycles. The van der Waals surface area contributed by atoms with Crippen molar-refractivity contribution >= 4 is 11.9 Å². The molecule has 0 saturated carbocycles. The number of nitrogens with one attached hydrogen (secondary N) is 1. The zero-order valence-corrected chi connectivity index (χ0v) is 6.92. The van der Waals surface area contributed by atoms with Gasteiger partial charge in [0.25, 0.3) is 0 Å². The van der Waals surface area contributed by atoms with E-state index < -0.39 is 5.97 Å². The molecule has 0 unspecified atom stereocenters. The van der Waals surface area contributed by atoms with E-state index in [4.69, 9.17) is 0 Å². The summed E-state index contributed by atoms with van der Waals surface area (Å²) in [5.74, 6) is -0.913. The highest BCUT2D eigenvalue weighted by Crippen LogP contribution is 1.85. The van der Waals surface area contributed by atoms with E-state index >= 15 is 0 Å². The molecule has 4 heteroatoms. The molecule has 0 aromatic rings. The van der Waals surface area contributed by atoms with Gasteiger partial charge in [-0.3, -0.25) is 4.79 Å². The quantitative estimate of drug-likeness (QED) is 0.375. The van der Waals surface area contributed by atoms with Crippen molar-refractivity contribution in [3.63, 3.8) is 0 Å². The average Bonchev–Trinajstić information content (AvgIpc) is 2.03. The third-order valence-electron chi connectivity index (χ3n) is 1.00. The van der Waals surface area contributed by atoms with Gasteiger partial charge in [0.15, 0.2) is 6.73 Å². The highest BCUT2D eigenvalue weighted by Gasteiger charge is 2.00. The van der Waals surface area contributed by atoms with Crippen LogP contribution in [0.4, 0.5) is 0 Å². The molecule has 66 valence electrons. The second-order valence-electron chi connectivity index (χ2n) is 2.10. The van der Waals surface area contributed by atoms with Crippen LogP contribution in [0.25, 0.3) is 0 Å². The summed E-state index contributed by atoms with van der Waals surface area (Å²) in [7, 11) is 0. The number of carbonyl (C=O) groups is 2. The minimum absolute atomic E-state index is 0.156. The van der Waals surface area contributed by atoms with E-state index in [0.717, 1.165) is 6.08 Å². The molecule has 0 rings (SSSR count). The van der Waals surface area contributed by atoms with Crippen molar-refractivity contribution in [1.29, 1.82) is 0 Å². The predicted octanol–water partition coefficient (Wildman–Crippen LogP) is 0.365. The Morgan fingerprint density at radius 2 is 2.17 bits per heavy atom. The van der Waals surface area contributed by atoms with Crippen LogP contribution in [0.1, 0.15) is 6.92 Å². The van der Waals surface area contributed by atoms with Gasteiger partial charge < -0.3 is 10.1 Å². The summed E-state index contributed by atoms with van der Waals surface area (Å²) in [5.41, 5.74) is 0.365. The Balaban J connectivity index is 3.57. The topological polar surface area (TPSA) is 55.4 Å². The van der Waals surface area contributed by atoms with Gasteiger partial charge in [-0.25, -0.2) is 4.79 Å². The molecular formula is C8H11NO3. The fraction of sp³-hybridized carbons (Fsp3) is 0.250. The van der Waals surface area contributed by atoms with Crippen LogP contribution in [-0.2, 0) is 14.3 Å². The van der Waals surface area contributed by atoms with Crippen molar-refractivity contribution in [3.05, 3.63) is 24.8 Å². The summed E-state index contributed by atoms with van der Waals surface area (Å²) in [6, 6.07) is 0. The summed E-state index contributed by atoms with van der Waals surface area (Å²) in [6.45, 7) is 7.99. The largest absolute Gasteiger partial charge is 0.441 e. The predicted molar refractivity (Wildman–Crippen MR) is 44.1 cm³/mol. The molecule has 12 heavy (non-hydrogen) atoms. The van der Waals surface area contributed by atoms with Gasteiger partial charge in [0.2, 0.25) is 5.91 Å². The zero-order chi connectivity index (χ0) is 9.56. The lowest BCUT2D eigenvalue weighted by molar-refractivity contribution is -0.139. The van der Waals surface area contributed by atoms with Crippen molar-refractivity contribution in [2.75, 3.05) is 6.73 Å². The van der Waals surface area contributed by atoms with E-state index in [1.165, 1.54) is 0 Å². The monoisotopic (exact) mass is 169 g/mol. The van der Waals surface area contributed by atoms with Crippen LogP contribution >= 0.6 is 0 Å². The molecule has 0 fully saturated rings. The molecule has 0 aromatic heterocycles. The van der Waals surface area contributed by atoms with Crippen LogP contribution in [0, 0.1) is 0 Å². The standard InChI is InChI=1S/C8H11NO3/c1-4-7(10)12-5-9-8(11)6(2)3/h4H,1-2,5H2,3H3,(H,9,11). The van der Waals surface area contributed by atoms with Crippen LogP contribution in [0.5, 0.6) is 0 Å². The Morgan fingerprint density at radius 3 is 2.58 bits per heavy atom. The summed E-state index contributed by atoms with van der Waals surface area (Å²) >= 11 is 0.